The van der Waals surface area contributed by atoms with Gasteiger partial charge >= 0.3 is 6.03 Å². The summed E-state index contributed by atoms with van der Waals surface area (Å²) in [4.78, 5) is 27.2. The van der Waals surface area contributed by atoms with Gasteiger partial charge in [-0.1, -0.05) is 37.3 Å². The SMILES string of the molecule is CCC(C)N(CCC(=O)NC(C)c1ccccc1)C(=O)Nc1ccc(OC)cc1OC. The van der Waals surface area contributed by atoms with Crippen LogP contribution in [0.4, 0.5) is 10.5 Å². The van der Waals surface area contributed by atoms with Crippen LogP contribution in [0.15, 0.2) is 48.5 Å². The molecule has 2 N–H and O–H groups in total. The zero-order chi connectivity index (χ0) is 22.8. The van der Waals surface area contributed by atoms with Gasteiger partial charge in [0, 0.05) is 25.1 Å². The summed E-state index contributed by atoms with van der Waals surface area (Å²) in [5, 5.41) is 5.89. The molecule has 2 aromatic carbocycles. The molecule has 2 aromatic rings. The minimum atomic E-state index is -0.276. The van der Waals surface area contributed by atoms with Crippen molar-refractivity contribution >= 4 is 17.6 Å². The molecule has 2 atom stereocenters. The Balaban J connectivity index is 2.01. The van der Waals surface area contributed by atoms with E-state index in [4.69, 9.17) is 9.47 Å². The Kier molecular flexibility index (Phi) is 9.18. The quantitative estimate of drug-likeness (QED) is 0.581. The fourth-order valence-corrected chi connectivity index (χ4v) is 3.19. The highest BCUT2D eigenvalue weighted by atomic mass is 16.5. The molecule has 168 valence electrons. The molecule has 0 aliphatic carbocycles. The molecule has 0 bridgehead atoms. The van der Waals surface area contributed by atoms with Gasteiger partial charge in [-0.25, -0.2) is 4.79 Å². The van der Waals surface area contributed by atoms with Crippen molar-refractivity contribution in [3.63, 3.8) is 0 Å². The van der Waals surface area contributed by atoms with Crippen LogP contribution in [-0.2, 0) is 4.79 Å². The third-order valence-electron chi connectivity index (χ3n) is 5.29. The van der Waals surface area contributed by atoms with Crippen LogP contribution in [-0.4, -0.2) is 43.6 Å². The van der Waals surface area contributed by atoms with Gasteiger partial charge in [0.1, 0.15) is 11.5 Å². The fourth-order valence-electron chi connectivity index (χ4n) is 3.19. The summed E-state index contributed by atoms with van der Waals surface area (Å²) in [7, 11) is 3.11. The van der Waals surface area contributed by atoms with E-state index in [1.807, 2.05) is 51.1 Å². The molecule has 0 aromatic heterocycles. The van der Waals surface area contributed by atoms with Crippen molar-refractivity contribution in [2.75, 3.05) is 26.1 Å². The predicted octanol–water partition coefficient (Wildman–Crippen LogP) is 4.60. The monoisotopic (exact) mass is 427 g/mol. The number of amides is 3. The lowest BCUT2D eigenvalue weighted by Crippen LogP contribution is -2.43. The summed E-state index contributed by atoms with van der Waals surface area (Å²) in [6, 6.07) is 14.6. The minimum absolute atomic E-state index is 0.0245. The number of hydrogen-bond acceptors (Lipinski definition) is 4. The maximum atomic E-state index is 13.0. The Hall–Kier alpha value is -3.22. The van der Waals surface area contributed by atoms with Crippen LogP contribution in [0.25, 0.3) is 0 Å². The van der Waals surface area contributed by atoms with Crippen molar-refractivity contribution in [1.29, 1.82) is 0 Å². The van der Waals surface area contributed by atoms with E-state index < -0.39 is 0 Å². The van der Waals surface area contributed by atoms with Crippen LogP contribution in [0.5, 0.6) is 11.5 Å². The van der Waals surface area contributed by atoms with Crippen LogP contribution in [0.3, 0.4) is 0 Å². The smallest absolute Gasteiger partial charge is 0.322 e. The number of hydrogen-bond donors (Lipinski definition) is 2. The Morgan fingerprint density at radius 2 is 1.74 bits per heavy atom. The number of nitrogens with one attached hydrogen (secondary N) is 2. The van der Waals surface area contributed by atoms with Crippen LogP contribution in [0.1, 0.15) is 45.2 Å². The highest BCUT2D eigenvalue weighted by molar-refractivity contribution is 5.91. The lowest BCUT2D eigenvalue weighted by Gasteiger charge is -2.29. The number of rotatable bonds is 10. The molecule has 0 aliphatic rings. The molecule has 2 unspecified atom stereocenters. The van der Waals surface area contributed by atoms with E-state index in [2.05, 4.69) is 10.6 Å². The first-order valence-electron chi connectivity index (χ1n) is 10.5. The second kappa shape index (κ2) is 11.8. The van der Waals surface area contributed by atoms with Crippen molar-refractivity contribution in [2.24, 2.45) is 0 Å². The average molecular weight is 428 g/mol. The Morgan fingerprint density at radius 3 is 2.35 bits per heavy atom. The largest absolute Gasteiger partial charge is 0.497 e. The Bertz CT molecular complexity index is 857. The normalized spacial score (nSPS) is 12.4. The molecule has 7 nitrogen and oxygen atoms in total. The molecule has 0 radical (unpaired) electrons. The van der Waals surface area contributed by atoms with Crippen molar-refractivity contribution in [1.82, 2.24) is 10.2 Å². The lowest BCUT2D eigenvalue weighted by molar-refractivity contribution is -0.122. The number of anilines is 1. The van der Waals surface area contributed by atoms with E-state index in [-0.39, 0.29) is 30.4 Å². The summed E-state index contributed by atoms with van der Waals surface area (Å²) < 4.78 is 10.6. The van der Waals surface area contributed by atoms with E-state index >= 15 is 0 Å². The summed E-state index contributed by atoms with van der Waals surface area (Å²) in [5.74, 6) is 1.04. The molecule has 0 fully saturated rings. The number of benzene rings is 2. The fraction of sp³-hybridized carbons (Fsp3) is 0.417. The van der Waals surface area contributed by atoms with Gasteiger partial charge in [-0.15, -0.1) is 0 Å². The molecule has 2 rings (SSSR count). The van der Waals surface area contributed by atoms with Crippen LogP contribution < -0.4 is 20.1 Å². The number of urea groups is 1. The maximum absolute atomic E-state index is 13.0. The molecule has 0 saturated carbocycles. The third kappa shape index (κ3) is 6.91. The summed E-state index contributed by atoms with van der Waals surface area (Å²) in [6.45, 7) is 6.24. The van der Waals surface area contributed by atoms with Crippen molar-refractivity contribution in [3.05, 3.63) is 54.1 Å². The molecule has 0 aliphatic heterocycles. The van der Waals surface area contributed by atoms with Gasteiger partial charge in [0.05, 0.1) is 25.9 Å². The molecule has 31 heavy (non-hydrogen) atoms. The highest BCUT2D eigenvalue weighted by Gasteiger charge is 2.22. The predicted molar refractivity (Wildman–Crippen MR) is 123 cm³/mol. The first-order valence-corrected chi connectivity index (χ1v) is 10.5. The van der Waals surface area contributed by atoms with E-state index in [9.17, 15) is 9.59 Å². The van der Waals surface area contributed by atoms with Crippen LogP contribution in [0.2, 0.25) is 0 Å². The minimum Gasteiger partial charge on any atom is -0.497 e. The van der Waals surface area contributed by atoms with Crippen molar-refractivity contribution < 1.29 is 19.1 Å². The molecular weight excluding hydrogens is 394 g/mol. The summed E-state index contributed by atoms with van der Waals surface area (Å²) >= 11 is 0. The van der Waals surface area contributed by atoms with Gasteiger partial charge in [-0.3, -0.25) is 4.79 Å². The van der Waals surface area contributed by atoms with Gasteiger partial charge in [-0.2, -0.15) is 0 Å². The van der Waals surface area contributed by atoms with E-state index in [0.717, 1.165) is 12.0 Å². The zero-order valence-corrected chi connectivity index (χ0v) is 19.0. The second-order valence-corrected chi connectivity index (χ2v) is 7.40. The molecule has 0 saturated heterocycles. The Morgan fingerprint density at radius 1 is 1.03 bits per heavy atom. The number of nitrogens with zero attached hydrogens (tertiary/aromatic N) is 1. The second-order valence-electron chi connectivity index (χ2n) is 7.40. The first-order chi connectivity index (χ1) is 14.9. The third-order valence-corrected chi connectivity index (χ3v) is 5.29. The first kappa shape index (κ1) is 24.1. The topological polar surface area (TPSA) is 79.9 Å². The van der Waals surface area contributed by atoms with Crippen LogP contribution >= 0.6 is 0 Å². The summed E-state index contributed by atoms with van der Waals surface area (Å²) in [6.07, 6.45) is 0.990. The molecule has 0 spiro atoms. The lowest BCUT2D eigenvalue weighted by atomic mass is 10.1. The number of carbonyl (C=O) groups excluding carboxylic acids is 2. The van der Waals surface area contributed by atoms with Crippen molar-refractivity contribution in [2.45, 2.75) is 45.7 Å². The Labute approximate surface area is 184 Å². The van der Waals surface area contributed by atoms with E-state index in [1.54, 1.807) is 30.2 Å². The average Bonchev–Trinajstić information content (AvgIpc) is 2.79. The number of methoxy groups -OCH3 is 2. The number of carbonyl (C=O) groups is 2. The van der Waals surface area contributed by atoms with Gasteiger partial charge < -0.3 is 25.0 Å². The van der Waals surface area contributed by atoms with Crippen molar-refractivity contribution in [3.8, 4) is 11.5 Å². The molecule has 7 heteroatoms. The number of ether oxygens (including phenoxy) is 2. The van der Waals surface area contributed by atoms with Gasteiger partial charge in [-0.05, 0) is 38.0 Å². The van der Waals surface area contributed by atoms with Gasteiger partial charge in [0.15, 0.2) is 0 Å². The van der Waals surface area contributed by atoms with Crippen LogP contribution in [0, 0.1) is 0 Å². The maximum Gasteiger partial charge on any atom is 0.322 e. The standard InChI is InChI=1S/C24H33N3O4/c1-6-17(2)27(15-14-23(28)25-18(3)19-10-8-7-9-11-19)24(29)26-21-13-12-20(30-4)16-22(21)31-5/h7-13,16-18H,6,14-15H2,1-5H3,(H,25,28)(H,26,29). The zero-order valence-electron chi connectivity index (χ0n) is 19.0. The van der Waals surface area contributed by atoms with Gasteiger partial charge in [0.2, 0.25) is 5.91 Å². The summed E-state index contributed by atoms with van der Waals surface area (Å²) in [5.41, 5.74) is 1.59. The van der Waals surface area contributed by atoms with Gasteiger partial charge in [0.25, 0.3) is 0 Å². The highest BCUT2D eigenvalue weighted by Crippen LogP contribution is 2.29. The van der Waals surface area contributed by atoms with E-state index in [1.165, 1.54) is 7.11 Å². The molecule has 3 amide bonds. The van der Waals surface area contributed by atoms with E-state index in [0.29, 0.717) is 23.7 Å². The molecular formula is C24H33N3O4. The molecule has 0 heterocycles.